The minimum absolute atomic E-state index is 0. The van der Waals surface area contributed by atoms with Crippen LogP contribution in [-0.4, -0.2) is 61.5 Å². The Morgan fingerprint density at radius 2 is 1.84 bits per heavy atom. The molecule has 6 nitrogen and oxygen atoms in total. The van der Waals surface area contributed by atoms with Gasteiger partial charge in [0.05, 0.1) is 0 Å². The normalized spacial score (nSPS) is 21.4. The second-order valence-corrected chi connectivity index (χ2v) is 6.80. The van der Waals surface area contributed by atoms with Crippen molar-refractivity contribution >= 4 is 24.3 Å². The summed E-state index contributed by atoms with van der Waals surface area (Å²) in [5.41, 5.74) is 1.09. The summed E-state index contributed by atoms with van der Waals surface area (Å²) in [5, 5.41) is 6.21. The molecule has 2 saturated heterocycles. The maximum Gasteiger partial charge on any atom is 0.317 e. The maximum atomic E-state index is 12.3. The number of fused-ring (bicyclic) bond motifs is 1. The number of carbonyl (C=O) groups is 2. The molecule has 138 valence electrons. The molecule has 2 N–H and O–H groups in total. The molecule has 1 aromatic carbocycles. The van der Waals surface area contributed by atoms with Crippen LogP contribution < -0.4 is 10.6 Å². The van der Waals surface area contributed by atoms with Crippen LogP contribution in [0.1, 0.15) is 12.0 Å². The Morgan fingerprint density at radius 1 is 1.20 bits per heavy atom. The maximum absolute atomic E-state index is 12.3. The van der Waals surface area contributed by atoms with Crippen molar-refractivity contribution in [3.05, 3.63) is 35.9 Å². The van der Waals surface area contributed by atoms with Gasteiger partial charge in [0.25, 0.3) is 0 Å². The van der Waals surface area contributed by atoms with Crippen molar-refractivity contribution in [1.82, 2.24) is 20.4 Å². The van der Waals surface area contributed by atoms with E-state index in [9.17, 15) is 9.59 Å². The Labute approximate surface area is 155 Å². The van der Waals surface area contributed by atoms with E-state index in [4.69, 9.17) is 0 Å². The lowest BCUT2D eigenvalue weighted by atomic mass is 10.0. The first-order chi connectivity index (χ1) is 11.6. The van der Waals surface area contributed by atoms with E-state index >= 15 is 0 Å². The van der Waals surface area contributed by atoms with Gasteiger partial charge in [0.1, 0.15) is 0 Å². The topological polar surface area (TPSA) is 64.7 Å². The van der Waals surface area contributed by atoms with Crippen LogP contribution in [0.25, 0.3) is 0 Å². The highest BCUT2D eigenvalue weighted by Gasteiger charge is 2.37. The monoisotopic (exact) mass is 366 g/mol. The molecule has 0 aliphatic carbocycles. The van der Waals surface area contributed by atoms with Gasteiger partial charge in [0, 0.05) is 52.7 Å². The molecule has 2 aliphatic rings. The van der Waals surface area contributed by atoms with Gasteiger partial charge < -0.3 is 20.4 Å². The van der Waals surface area contributed by atoms with Gasteiger partial charge in [-0.1, -0.05) is 30.3 Å². The number of halogens is 1. The zero-order chi connectivity index (χ0) is 16.9. The minimum atomic E-state index is -0.144. The van der Waals surface area contributed by atoms with Gasteiger partial charge in [-0.15, -0.1) is 12.4 Å². The predicted molar refractivity (Wildman–Crippen MR) is 99.6 cm³/mol. The van der Waals surface area contributed by atoms with Gasteiger partial charge in [0.2, 0.25) is 5.91 Å². The summed E-state index contributed by atoms with van der Waals surface area (Å²) < 4.78 is 0. The van der Waals surface area contributed by atoms with Gasteiger partial charge in [0.15, 0.2) is 0 Å². The van der Waals surface area contributed by atoms with Crippen molar-refractivity contribution in [2.24, 2.45) is 11.8 Å². The average Bonchev–Trinajstić information content (AvgIpc) is 3.17. The second kappa shape index (κ2) is 9.06. The molecule has 2 atom stereocenters. The molecule has 3 rings (SSSR count). The number of likely N-dealkylation sites (tertiary alicyclic amines) is 1. The minimum Gasteiger partial charge on any atom is -0.342 e. The molecule has 25 heavy (non-hydrogen) atoms. The van der Waals surface area contributed by atoms with Gasteiger partial charge in [-0.2, -0.15) is 0 Å². The Hall–Kier alpha value is -1.79. The lowest BCUT2D eigenvalue weighted by Gasteiger charge is -2.20. The molecule has 0 bridgehead atoms. The first-order valence-corrected chi connectivity index (χ1v) is 8.65. The van der Waals surface area contributed by atoms with Crippen LogP contribution in [0.3, 0.4) is 0 Å². The summed E-state index contributed by atoms with van der Waals surface area (Å²) in [5.74, 6) is 1.37. The van der Waals surface area contributed by atoms with Crippen LogP contribution in [0, 0.1) is 11.8 Å². The van der Waals surface area contributed by atoms with E-state index in [1.54, 1.807) is 11.9 Å². The summed E-state index contributed by atoms with van der Waals surface area (Å²) in [6.07, 6.45) is 0.373. The molecule has 2 fully saturated rings. The molecule has 1 aromatic rings. The van der Waals surface area contributed by atoms with E-state index in [2.05, 4.69) is 10.6 Å². The molecule has 7 heteroatoms. The van der Waals surface area contributed by atoms with Gasteiger partial charge in [-0.25, -0.2) is 4.79 Å². The summed E-state index contributed by atoms with van der Waals surface area (Å²) >= 11 is 0. The molecule has 3 amide bonds. The van der Waals surface area contributed by atoms with E-state index in [-0.39, 0.29) is 24.3 Å². The number of benzene rings is 1. The SMILES string of the molecule is CN(Cc1ccccc1)C(=O)NCCC(=O)N1C[C@H]2CNC[C@H]2C1.Cl. The Kier molecular flexibility index (Phi) is 7.08. The lowest BCUT2D eigenvalue weighted by molar-refractivity contribution is -0.130. The molecular formula is C18H27ClN4O2. The molecule has 2 aliphatic heterocycles. The first kappa shape index (κ1) is 19.5. The zero-order valence-electron chi connectivity index (χ0n) is 14.6. The highest BCUT2D eigenvalue weighted by atomic mass is 35.5. The number of hydrogen-bond acceptors (Lipinski definition) is 3. The highest BCUT2D eigenvalue weighted by Crippen LogP contribution is 2.26. The van der Waals surface area contributed by atoms with E-state index in [0.29, 0.717) is 31.3 Å². The molecule has 0 saturated carbocycles. The average molecular weight is 367 g/mol. The van der Waals surface area contributed by atoms with Crippen molar-refractivity contribution in [3.63, 3.8) is 0 Å². The second-order valence-electron chi connectivity index (χ2n) is 6.80. The van der Waals surface area contributed by atoms with E-state index < -0.39 is 0 Å². The van der Waals surface area contributed by atoms with Crippen LogP contribution in [0.5, 0.6) is 0 Å². The Morgan fingerprint density at radius 3 is 2.48 bits per heavy atom. The smallest absolute Gasteiger partial charge is 0.317 e. The molecule has 0 aromatic heterocycles. The predicted octanol–water partition coefficient (Wildman–Crippen LogP) is 1.32. The van der Waals surface area contributed by atoms with E-state index in [0.717, 1.165) is 31.7 Å². The quantitative estimate of drug-likeness (QED) is 0.826. The summed E-state index contributed by atoms with van der Waals surface area (Å²) in [7, 11) is 1.76. The third kappa shape index (κ3) is 5.09. The van der Waals surface area contributed by atoms with Crippen LogP contribution in [0.4, 0.5) is 4.79 Å². The van der Waals surface area contributed by atoms with Gasteiger partial charge in [-0.3, -0.25) is 4.79 Å². The lowest BCUT2D eigenvalue weighted by Crippen LogP contribution is -2.39. The van der Waals surface area contributed by atoms with E-state index in [1.807, 2.05) is 35.2 Å². The Bertz CT molecular complexity index is 572. The fourth-order valence-electron chi connectivity index (χ4n) is 3.56. The summed E-state index contributed by atoms with van der Waals surface area (Å²) in [6, 6.07) is 9.71. The van der Waals surface area contributed by atoms with E-state index in [1.165, 1.54) is 0 Å². The van der Waals surface area contributed by atoms with Crippen LogP contribution >= 0.6 is 12.4 Å². The van der Waals surface area contributed by atoms with Gasteiger partial charge >= 0.3 is 6.03 Å². The highest BCUT2D eigenvalue weighted by molar-refractivity contribution is 5.85. The van der Waals surface area contributed by atoms with Crippen LogP contribution in [0.15, 0.2) is 30.3 Å². The number of nitrogens with zero attached hydrogens (tertiary/aromatic N) is 2. The molecule has 2 heterocycles. The third-order valence-electron chi connectivity index (χ3n) is 4.97. The van der Waals surface area contributed by atoms with Crippen molar-refractivity contribution in [2.75, 3.05) is 39.8 Å². The van der Waals surface area contributed by atoms with Crippen molar-refractivity contribution in [1.29, 1.82) is 0 Å². The number of nitrogens with one attached hydrogen (secondary N) is 2. The first-order valence-electron chi connectivity index (χ1n) is 8.65. The van der Waals surface area contributed by atoms with Crippen molar-refractivity contribution in [2.45, 2.75) is 13.0 Å². The van der Waals surface area contributed by atoms with Crippen LogP contribution in [0.2, 0.25) is 0 Å². The number of amides is 3. The number of rotatable bonds is 5. The number of urea groups is 1. The standard InChI is InChI=1S/C18H26N4O2.ClH/c1-21(11-14-5-3-2-4-6-14)18(24)20-8-7-17(23)22-12-15-9-19-10-16(15)13-22;/h2-6,15-16,19H,7-13H2,1H3,(H,20,24);1H/t15-,16+;. The molecule has 0 spiro atoms. The van der Waals surface area contributed by atoms with Crippen molar-refractivity contribution in [3.8, 4) is 0 Å². The summed E-state index contributed by atoms with van der Waals surface area (Å²) in [4.78, 5) is 27.9. The molecule has 0 radical (unpaired) electrons. The number of hydrogen-bond donors (Lipinski definition) is 2. The fraction of sp³-hybridized carbons (Fsp3) is 0.556. The largest absolute Gasteiger partial charge is 0.342 e. The third-order valence-corrected chi connectivity index (χ3v) is 4.97. The fourth-order valence-corrected chi connectivity index (χ4v) is 3.56. The zero-order valence-corrected chi connectivity index (χ0v) is 15.4. The van der Waals surface area contributed by atoms with Crippen LogP contribution in [-0.2, 0) is 11.3 Å². The molecular weight excluding hydrogens is 340 g/mol. The van der Waals surface area contributed by atoms with Gasteiger partial charge in [-0.05, 0) is 17.4 Å². The number of carbonyl (C=O) groups excluding carboxylic acids is 2. The summed E-state index contributed by atoms with van der Waals surface area (Å²) in [6.45, 7) is 4.71. The Balaban J connectivity index is 0.00000225. The molecule has 0 unspecified atom stereocenters. The van der Waals surface area contributed by atoms with Crippen molar-refractivity contribution < 1.29 is 9.59 Å².